The van der Waals surface area contributed by atoms with Crippen LogP contribution in [-0.2, 0) is 13.5 Å². The fourth-order valence-corrected chi connectivity index (χ4v) is 1.83. The molecule has 2 aromatic heterocycles. The number of hydrogen-bond donors (Lipinski definition) is 1. The van der Waals surface area contributed by atoms with Crippen molar-refractivity contribution in [2.45, 2.75) is 33.2 Å². The summed E-state index contributed by atoms with van der Waals surface area (Å²) in [5.41, 5.74) is 2.04. The molecule has 0 aromatic carbocycles. The minimum atomic E-state index is -0.206. The molecule has 0 fully saturated rings. The maximum atomic E-state index is 12.1. The van der Waals surface area contributed by atoms with E-state index in [0.29, 0.717) is 5.69 Å². The van der Waals surface area contributed by atoms with Gasteiger partial charge in [-0.2, -0.15) is 10.2 Å². The Labute approximate surface area is 112 Å². The third-order valence-electron chi connectivity index (χ3n) is 2.86. The average Bonchev–Trinajstić information content (AvgIpc) is 2.95. The molecular weight excluding hydrogens is 242 g/mol. The van der Waals surface area contributed by atoms with Gasteiger partial charge in [-0.3, -0.25) is 14.2 Å². The van der Waals surface area contributed by atoms with Gasteiger partial charge in [0.2, 0.25) is 0 Å². The molecule has 1 amide bonds. The molecule has 0 saturated heterocycles. The van der Waals surface area contributed by atoms with Crippen LogP contribution in [0, 0.1) is 0 Å². The number of amides is 1. The summed E-state index contributed by atoms with van der Waals surface area (Å²) >= 11 is 0. The van der Waals surface area contributed by atoms with Crippen molar-refractivity contribution in [2.24, 2.45) is 7.05 Å². The average molecular weight is 261 g/mol. The summed E-state index contributed by atoms with van der Waals surface area (Å²) in [5.74, 6) is -0.206. The lowest BCUT2D eigenvalue weighted by molar-refractivity contribution is 0.102. The lowest BCUT2D eigenvalue weighted by atomic mass is 10.3. The van der Waals surface area contributed by atoms with Crippen LogP contribution in [0.2, 0.25) is 0 Å². The van der Waals surface area contributed by atoms with Crippen LogP contribution in [0.25, 0.3) is 0 Å². The molecule has 1 N–H and O–H groups in total. The fraction of sp³-hybridized carbons (Fsp3) is 0.462. The zero-order chi connectivity index (χ0) is 14.0. The number of aromatic nitrogens is 4. The van der Waals surface area contributed by atoms with Gasteiger partial charge in [-0.25, -0.2) is 0 Å². The Kier molecular flexibility index (Phi) is 3.69. The van der Waals surface area contributed by atoms with Gasteiger partial charge in [0.1, 0.15) is 0 Å². The summed E-state index contributed by atoms with van der Waals surface area (Å²) in [6.07, 6.45) is 4.39. The van der Waals surface area contributed by atoms with Gasteiger partial charge in [-0.05, 0) is 26.3 Å². The summed E-state index contributed by atoms with van der Waals surface area (Å²) < 4.78 is 3.46. The lowest BCUT2D eigenvalue weighted by Gasteiger charge is -2.04. The highest BCUT2D eigenvalue weighted by Gasteiger charge is 2.14. The maximum absolute atomic E-state index is 12.1. The van der Waals surface area contributed by atoms with Gasteiger partial charge >= 0.3 is 0 Å². The molecule has 102 valence electrons. The van der Waals surface area contributed by atoms with Crippen molar-refractivity contribution in [3.8, 4) is 0 Å². The zero-order valence-electron chi connectivity index (χ0n) is 11.7. The van der Waals surface area contributed by atoms with Gasteiger partial charge in [0.15, 0.2) is 5.69 Å². The van der Waals surface area contributed by atoms with Gasteiger partial charge in [-0.15, -0.1) is 0 Å². The first-order valence-electron chi connectivity index (χ1n) is 6.40. The van der Waals surface area contributed by atoms with Crippen LogP contribution in [-0.4, -0.2) is 25.5 Å². The predicted molar refractivity (Wildman–Crippen MR) is 73.2 cm³/mol. The van der Waals surface area contributed by atoms with Crippen LogP contribution in [0.15, 0.2) is 18.5 Å². The van der Waals surface area contributed by atoms with E-state index in [1.807, 2.05) is 34.0 Å². The Hall–Kier alpha value is -2.11. The van der Waals surface area contributed by atoms with Crippen LogP contribution in [0.5, 0.6) is 0 Å². The van der Waals surface area contributed by atoms with Gasteiger partial charge in [-0.1, -0.05) is 6.92 Å². The number of nitrogens with zero attached hydrogens (tertiary/aromatic N) is 4. The predicted octanol–water partition coefficient (Wildman–Crippen LogP) is 2.01. The van der Waals surface area contributed by atoms with E-state index in [0.717, 1.165) is 17.8 Å². The first kappa shape index (κ1) is 13.3. The number of rotatable bonds is 4. The fourth-order valence-electron chi connectivity index (χ4n) is 1.83. The van der Waals surface area contributed by atoms with Crippen molar-refractivity contribution < 1.29 is 4.79 Å². The molecule has 0 aliphatic heterocycles. The molecule has 6 heteroatoms. The van der Waals surface area contributed by atoms with Gasteiger partial charge < -0.3 is 5.32 Å². The minimum Gasteiger partial charge on any atom is -0.318 e. The van der Waals surface area contributed by atoms with Crippen LogP contribution >= 0.6 is 0 Å². The Morgan fingerprint density at radius 2 is 2.16 bits per heavy atom. The normalized spacial score (nSPS) is 11.0. The van der Waals surface area contributed by atoms with Gasteiger partial charge in [0.25, 0.3) is 5.91 Å². The summed E-state index contributed by atoms with van der Waals surface area (Å²) in [4.78, 5) is 12.1. The zero-order valence-corrected chi connectivity index (χ0v) is 11.7. The van der Waals surface area contributed by atoms with E-state index in [2.05, 4.69) is 15.5 Å². The number of hydrogen-bond acceptors (Lipinski definition) is 3. The summed E-state index contributed by atoms with van der Waals surface area (Å²) in [6, 6.07) is 1.96. The molecule has 0 aliphatic rings. The van der Waals surface area contributed by atoms with Gasteiger partial charge in [0, 0.05) is 25.5 Å². The third-order valence-corrected chi connectivity index (χ3v) is 2.86. The van der Waals surface area contributed by atoms with E-state index in [4.69, 9.17) is 0 Å². The SMILES string of the molecule is CCc1nn(C)cc1NC(=O)c1ccn(C(C)C)n1. The van der Waals surface area contributed by atoms with E-state index < -0.39 is 0 Å². The first-order chi connectivity index (χ1) is 9.01. The highest BCUT2D eigenvalue weighted by Crippen LogP contribution is 2.15. The van der Waals surface area contributed by atoms with E-state index in [1.54, 1.807) is 21.6 Å². The van der Waals surface area contributed by atoms with E-state index in [9.17, 15) is 4.79 Å². The van der Waals surface area contributed by atoms with Crippen LogP contribution in [0.3, 0.4) is 0 Å². The summed E-state index contributed by atoms with van der Waals surface area (Å²) in [6.45, 7) is 6.04. The molecule has 0 radical (unpaired) electrons. The topological polar surface area (TPSA) is 64.7 Å². The first-order valence-corrected chi connectivity index (χ1v) is 6.40. The molecule has 0 saturated carbocycles. The third kappa shape index (κ3) is 2.83. The summed E-state index contributed by atoms with van der Waals surface area (Å²) in [7, 11) is 1.84. The van der Waals surface area contributed by atoms with Crippen molar-refractivity contribution >= 4 is 11.6 Å². The monoisotopic (exact) mass is 261 g/mol. The molecule has 2 rings (SSSR count). The second-order valence-electron chi connectivity index (χ2n) is 4.75. The number of anilines is 1. The number of carbonyl (C=O) groups excluding carboxylic acids is 1. The summed E-state index contributed by atoms with van der Waals surface area (Å²) in [5, 5.41) is 11.4. The Morgan fingerprint density at radius 1 is 1.42 bits per heavy atom. The number of carbonyl (C=O) groups is 1. The Balaban J connectivity index is 2.15. The standard InChI is InChI=1S/C13H19N5O/c1-5-10-12(8-17(4)15-10)14-13(19)11-6-7-18(16-11)9(2)3/h6-9H,5H2,1-4H3,(H,14,19). The molecule has 0 aliphatic carbocycles. The molecule has 2 heterocycles. The minimum absolute atomic E-state index is 0.206. The van der Waals surface area contributed by atoms with Crippen LogP contribution in [0.1, 0.15) is 43.0 Å². The van der Waals surface area contributed by atoms with E-state index in [-0.39, 0.29) is 11.9 Å². The van der Waals surface area contributed by atoms with E-state index in [1.165, 1.54) is 0 Å². The van der Waals surface area contributed by atoms with E-state index >= 15 is 0 Å². The molecule has 0 atom stereocenters. The van der Waals surface area contributed by atoms with Crippen molar-refractivity contribution in [3.05, 3.63) is 29.8 Å². The van der Waals surface area contributed by atoms with Gasteiger partial charge in [0.05, 0.1) is 11.4 Å². The Bertz CT molecular complexity index is 582. The second kappa shape index (κ2) is 5.26. The highest BCUT2D eigenvalue weighted by molar-refractivity contribution is 6.03. The molecule has 19 heavy (non-hydrogen) atoms. The number of nitrogens with one attached hydrogen (secondary N) is 1. The molecule has 0 unspecified atom stereocenters. The maximum Gasteiger partial charge on any atom is 0.276 e. The van der Waals surface area contributed by atoms with Crippen molar-refractivity contribution in [3.63, 3.8) is 0 Å². The van der Waals surface area contributed by atoms with Crippen LogP contribution < -0.4 is 5.32 Å². The second-order valence-corrected chi connectivity index (χ2v) is 4.75. The van der Waals surface area contributed by atoms with Crippen molar-refractivity contribution in [1.82, 2.24) is 19.6 Å². The smallest absolute Gasteiger partial charge is 0.276 e. The molecule has 0 bridgehead atoms. The largest absolute Gasteiger partial charge is 0.318 e. The molecular formula is C13H19N5O. The molecule has 0 spiro atoms. The Morgan fingerprint density at radius 3 is 2.74 bits per heavy atom. The van der Waals surface area contributed by atoms with Crippen molar-refractivity contribution in [2.75, 3.05) is 5.32 Å². The quantitative estimate of drug-likeness (QED) is 0.915. The van der Waals surface area contributed by atoms with Crippen LogP contribution in [0.4, 0.5) is 5.69 Å². The number of aryl methyl sites for hydroxylation is 2. The highest BCUT2D eigenvalue weighted by atomic mass is 16.2. The molecule has 2 aromatic rings. The lowest BCUT2D eigenvalue weighted by Crippen LogP contribution is -2.14. The van der Waals surface area contributed by atoms with Crippen molar-refractivity contribution in [1.29, 1.82) is 0 Å². The molecule has 6 nitrogen and oxygen atoms in total.